The maximum atomic E-state index is 13.6. The van der Waals surface area contributed by atoms with Crippen LogP contribution in [0.25, 0.3) is 0 Å². The molecule has 2 fully saturated rings. The van der Waals surface area contributed by atoms with Gasteiger partial charge in [-0.1, -0.05) is 6.07 Å². The Morgan fingerprint density at radius 2 is 2.10 bits per heavy atom. The fourth-order valence-corrected chi connectivity index (χ4v) is 3.86. The number of aliphatic imine (C=N–C) groups is 1. The van der Waals surface area contributed by atoms with Crippen LogP contribution >= 0.6 is 24.0 Å². The largest absolute Gasteiger partial charge is 0.392 e. The van der Waals surface area contributed by atoms with Crippen molar-refractivity contribution in [2.24, 2.45) is 4.99 Å². The van der Waals surface area contributed by atoms with Crippen LogP contribution in [0.15, 0.2) is 23.2 Å². The molecule has 0 radical (unpaired) electrons. The van der Waals surface area contributed by atoms with E-state index in [1.165, 1.54) is 18.9 Å². The van der Waals surface area contributed by atoms with Crippen LogP contribution in [0.1, 0.15) is 50.2 Å². The van der Waals surface area contributed by atoms with Gasteiger partial charge in [0.05, 0.1) is 32.0 Å². The number of ether oxygens (including phenoxy) is 2. The van der Waals surface area contributed by atoms with E-state index < -0.39 is 0 Å². The summed E-state index contributed by atoms with van der Waals surface area (Å²) < 4.78 is 25.4. The average Bonchev–Trinajstić information content (AvgIpc) is 2.77. The molecule has 8 heteroatoms. The zero-order valence-corrected chi connectivity index (χ0v) is 20.1. The number of benzene rings is 1. The second kappa shape index (κ2) is 13.4. The van der Waals surface area contributed by atoms with Crippen LogP contribution in [-0.4, -0.2) is 61.0 Å². The van der Waals surface area contributed by atoms with Crippen LogP contribution in [-0.2, 0) is 22.6 Å². The number of hydrogen-bond acceptors (Lipinski definition) is 4. The highest BCUT2D eigenvalue weighted by Crippen LogP contribution is 2.18. The van der Waals surface area contributed by atoms with Crippen LogP contribution in [0, 0.1) is 5.82 Å². The van der Waals surface area contributed by atoms with Gasteiger partial charge in [0.1, 0.15) is 5.82 Å². The maximum Gasteiger partial charge on any atom is 0.194 e. The SMILES string of the molecule is CCNC(=NCc1ccc(F)c(CO)c1)N1CCC(OCC2CCCCO2)CC1.I. The highest BCUT2D eigenvalue weighted by atomic mass is 127. The second-order valence-corrected chi connectivity index (χ2v) is 7.76. The molecule has 30 heavy (non-hydrogen) atoms. The predicted molar refractivity (Wildman–Crippen MR) is 127 cm³/mol. The molecule has 0 saturated carbocycles. The molecule has 1 atom stereocenters. The van der Waals surface area contributed by atoms with Crippen molar-refractivity contribution in [2.45, 2.75) is 64.4 Å². The number of hydrogen-bond donors (Lipinski definition) is 2. The van der Waals surface area contributed by atoms with Gasteiger partial charge in [0.2, 0.25) is 0 Å². The Morgan fingerprint density at radius 3 is 2.77 bits per heavy atom. The first kappa shape index (κ1) is 25.3. The smallest absolute Gasteiger partial charge is 0.194 e. The summed E-state index contributed by atoms with van der Waals surface area (Å²) in [5.74, 6) is 0.490. The molecule has 0 aromatic heterocycles. The molecular weight excluding hydrogens is 500 g/mol. The number of likely N-dealkylation sites (tertiary alicyclic amines) is 1. The summed E-state index contributed by atoms with van der Waals surface area (Å²) in [6.45, 7) is 6.35. The molecule has 0 bridgehead atoms. The molecule has 1 aromatic carbocycles. The Hall–Kier alpha value is -0.970. The molecule has 2 aliphatic heterocycles. The highest BCUT2D eigenvalue weighted by Gasteiger charge is 2.23. The predicted octanol–water partition coefficient (Wildman–Crippen LogP) is 3.45. The van der Waals surface area contributed by atoms with Crippen molar-refractivity contribution in [3.8, 4) is 0 Å². The third kappa shape index (κ3) is 7.62. The third-order valence-electron chi connectivity index (χ3n) is 5.56. The summed E-state index contributed by atoms with van der Waals surface area (Å²) in [7, 11) is 0. The first-order valence-corrected chi connectivity index (χ1v) is 10.8. The lowest BCUT2D eigenvalue weighted by Gasteiger charge is -2.35. The number of halogens is 2. The van der Waals surface area contributed by atoms with Gasteiger partial charge in [-0.15, -0.1) is 24.0 Å². The molecule has 0 spiro atoms. The molecule has 170 valence electrons. The Bertz CT molecular complexity index is 663. The number of nitrogens with zero attached hydrogens (tertiary/aromatic N) is 2. The lowest BCUT2D eigenvalue weighted by atomic mass is 10.1. The standard InChI is InChI=1S/C22H34FN3O3.HI/c1-2-24-22(25-14-17-6-7-21(23)18(13-17)15-27)26-10-8-19(9-11-26)29-16-20-5-3-4-12-28-20;/h6-7,13,19-20,27H,2-5,8-12,14-16H2,1H3,(H,24,25);1H. The monoisotopic (exact) mass is 535 g/mol. The van der Waals surface area contributed by atoms with Crippen molar-refractivity contribution in [3.63, 3.8) is 0 Å². The van der Waals surface area contributed by atoms with Gasteiger partial charge in [0.25, 0.3) is 0 Å². The fraction of sp³-hybridized carbons (Fsp3) is 0.682. The average molecular weight is 535 g/mol. The first-order valence-electron chi connectivity index (χ1n) is 10.8. The molecule has 1 aromatic rings. The second-order valence-electron chi connectivity index (χ2n) is 7.76. The summed E-state index contributed by atoms with van der Waals surface area (Å²) in [5, 5.41) is 12.6. The lowest BCUT2D eigenvalue weighted by molar-refractivity contribution is -0.0721. The summed E-state index contributed by atoms with van der Waals surface area (Å²) in [6, 6.07) is 4.78. The van der Waals surface area contributed by atoms with Crippen molar-refractivity contribution >= 4 is 29.9 Å². The zero-order valence-electron chi connectivity index (χ0n) is 17.8. The molecule has 0 aliphatic carbocycles. The van der Waals surface area contributed by atoms with E-state index in [1.807, 2.05) is 0 Å². The van der Waals surface area contributed by atoms with E-state index >= 15 is 0 Å². The van der Waals surface area contributed by atoms with Gasteiger partial charge in [0.15, 0.2) is 5.96 Å². The van der Waals surface area contributed by atoms with Gasteiger partial charge in [-0.2, -0.15) is 0 Å². The van der Waals surface area contributed by atoms with Crippen molar-refractivity contribution in [1.29, 1.82) is 0 Å². The van der Waals surface area contributed by atoms with Gasteiger partial charge < -0.3 is 24.8 Å². The van der Waals surface area contributed by atoms with Gasteiger partial charge in [-0.05, 0) is 56.7 Å². The number of guanidine groups is 1. The Kier molecular flexibility index (Phi) is 11.3. The number of rotatable bonds is 7. The Balaban J connectivity index is 0.00000320. The summed E-state index contributed by atoms with van der Waals surface area (Å²) in [5.41, 5.74) is 1.19. The quantitative estimate of drug-likeness (QED) is 0.318. The summed E-state index contributed by atoms with van der Waals surface area (Å²) >= 11 is 0. The topological polar surface area (TPSA) is 66.3 Å². The molecule has 3 rings (SSSR count). The van der Waals surface area contributed by atoms with Crippen LogP contribution in [0.3, 0.4) is 0 Å². The molecule has 2 heterocycles. The Morgan fingerprint density at radius 1 is 1.30 bits per heavy atom. The van der Waals surface area contributed by atoms with Crippen molar-refractivity contribution < 1.29 is 19.0 Å². The molecular formula is C22H35FIN3O3. The summed E-state index contributed by atoms with van der Waals surface area (Å²) in [6.07, 6.45) is 6.01. The number of piperidine rings is 1. The number of aliphatic hydroxyl groups is 1. The molecule has 6 nitrogen and oxygen atoms in total. The van der Waals surface area contributed by atoms with Gasteiger partial charge in [-0.3, -0.25) is 0 Å². The minimum atomic E-state index is -0.382. The van der Waals surface area contributed by atoms with Crippen LogP contribution in [0.4, 0.5) is 4.39 Å². The minimum absolute atomic E-state index is 0. The van der Waals surface area contributed by atoms with E-state index in [-0.39, 0.29) is 48.6 Å². The van der Waals surface area contributed by atoms with E-state index in [2.05, 4.69) is 17.1 Å². The van der Waals surface area contributed by atoms with E-state index in [0.29, 0.717) is 18.7 Å². The zero-order chi connectivity index (χ0) is 20.5. The number of nitrogens with one attached hydrogen (secondary N) is 1. The Labute approximate surface area is 196 Å². The first-order chi connectivity index (χ1) is 14.2. The lowest BCUT2D eigenvalue weighted by Crippen LogP contribution is -2.47. The number of aliphatic hydroxyl groups excluding tert-OH is 1. The fourth-order valence-electron chi connectivity index (χ4n) is 3.86. The van der Waals surface area contributed by atoms with Gasteiger partial charge in [-0.25, -0.2) is 9.38 Å². The molecule has 2 saturated heterocycles. The van der Waals surface area contributed by atoms with Gasteiger partial charge >= 0.3 is 0 Å². The van der Waals surface area contributed by atoms with Gasteiger partial charge in [0, 0.05) is 31.8 Å². The van der Waals surface area contributed by atoms with Crippen molar-refractivity contribution in [2.75, 3.05) is 32.8 Å². The molecule has 0 amide bonds. The van der Waals surface area contributed by atoms with Crippen LogP contribution < -0.4 is 5.32 Å². The maximum absolute atomic E-state index is 13.6. The molecule has 2 aliphatic rings. The molecule has 1 unspecified atom stereocenters. The van der Waals surface area contributed by atoms with Crippen LogP contribution in [0.5, 0.6) is 0 Å². The van der Waals surface area contributed by atoms with E-state index in [1.54, 1.807) is 12.1 Å². The van der Waals surface area contributed by atoms with Crippen molar-refractivity contribution in [1.82, 2.24) is 10.2 Å². The van der Waals surface area contributed by atoms with Crippen molar-refractivity contribution in [3.05, 3.63) is 35.1 Å². The van der Waals surface area contributed by atoms with E-state index in [9.17, 15) is 9.50 Å². The highest BCUT2D eigenvalue weighted by molar-refractivity contribution is 14.0. The minimum Gasteiger partial charge on any atom is -0.392 e. The van der Waals surface area contributed by atoms with E-state index in [4.69, 9.17) is 14.5 Å². The normalized spacial score (nSPS) is 20.7. The third-order valence-corrected chi connectivity index (χ3v) is 5.56. The van der Waals surface area contributed by atoms with Crippen LogP contribution in [0.2, 0.25) is 0 Å². The molecule has 2 N–H and O–H groups in total. The summed E-state index contributed by atoms with van der Waals surface area (Å²) in [4.78, 5) is 6.98. The van der Waals surface area contributed by atoms with E-state index in [0.717, 1.165) is 57.0 Å².